The van der Waals surface area contributed by atoms with Gasteiger partial charge in [-0.05, 0) is 30.3 Å². The Labute approximate surface area is 183 Å². The van der Waals surface area contributed by atoms with Crippen molar-refractivity contribution in [2.75, 3.05) is 0 Å². The Morgan fingerprint density at radius 1 is 0.774 bits per heavy atom. The predicted molar refractivity (Wildman–Crippen MR) is 125 cm³/mol. The van der Waals surface area contributed by atoms with Gasteiger partial charge in [-0.3, -0.25) is 9.55 Å². The van der Waals surface area contributed by atoms with E-state index in [2.05, 4.69) is 39.3 Å². The largest absolute Gasteiger partial charge is 0.437 e. The Kier molecular flexibility index (Phi) is 4.11. The monoisotopic (exact) mass is 420 g/mol. The van der Waals surface area contributed by atoms with Gasteiger partial charge in [-0.15, -0.1) is 12.6 Å². The van der Waals surface area contributed by atoms with Crippen LogP contribution >= 0.6 is 12.6 Å². The minimum atomic E-state index is 0.496. The third kappa shape index (κ3) is 3.00. The molecule has 0 unspecified atom stereocenters. The highest BCUT2D eigenvalue weighted by Gasteiger charge is 2.15. The number of benzene rings is 2. The van der Waals surface area contributed by atoms with Crippen LogP contribution in [0.1, 0.15) is 0 Å². The van der Waals surface area contributed by atoms with E-state index in [1.165, 1.54) is 0 Å². The normalized spacial score (nSPS) is 11.4. The maximum Gasteiger partial charge on any atom is 0.219 e. The molecule has 4 heterocycles. The van der Waals surface area contributed by atoms with Gasteiger partial charge in [0.05, 0.1) is 28.3 Å². The molecule has 6 aromatic rings. The summed E-state index contributed by atoms with van der Waals surface area (Å²) in [5, 5.41) is 2.09. The number of aromatic nitrogens is 4. The quantitative estimate of drug-likeness (QED) is 0.346. The molecule has 0 bridgehead atoms. The molecule has 0 amide bonds. The highest BCUT2D eigenvalue weighted by Crippen LogP contribution is 2.33. The molecule has 4 aromatic heterocycles. The van der Waals surface area contributed by atoms with Crippen molar-refractivity contribution in [2.45, 2.75) is 4.90 Å². The van der Waals surface area contributed by atoms with Crippen LogP contribution in [0.5, 0.6) is 11.6 Å². The van der Waals surface area contributed by atoms with E-state index in [-0.39, 0.29) is 0 Å². The second kappa shape index (κ2) is 7.11. The van der Waals surface area contributed by atoms with Crippen molar-refractivity contribution in [3.8, 4) is 17.4 Å². The first-order valence-corrected chi connectivity index (χ1v) is 10.3. The van der Waals surface area contributed by atoms with Gasteiger partial charge in [-0.2, -0.15) is 0 Å². The van der Waals surface area contributed by atoms with Gasteiger partial charge in [0.1, 0.15) is 11.6 Å². The van der Waals surface area contributed by atoms with Crippen LogP contribution in [0.25, 0.3) is 38.7 Å². The van der Waals surface area contributed by atoms with Gasteiger partial charge in [0.15, 0.2) is 0 Å². The van der Waals surface area contributed by atoms with Crippen LogP contribution in [-0.2, 0) is 0 Å². The molecule has 0 radical (unpaired) electrons. The van der Waals surface area contributed by atoms with Gasteiger partial charge < -0.3 is 4.74 Å². The van der Waals surface area contributed by atoms with Gasteiger partial charge in [0, 0.05) is 34.0 Å². The molecule has 0 fully saturated rings. The van der Waals surface area contributed by atoms with Crippen LogP contribution < -0.4 is 4.74 Å². The number of hydrogen-bond donors (Lipinski definition) is 1. The van der Waals surface area contributed by atoms with E-state index in [1.807, 2.05) is 66.7 Å². The fraction of sp³-hybridized carbons (Fsp3) is 0. The molecular formula is C25H16N4OS. The summed E-state index contributed by atoms with van der Waals surface area (Å²) in [4.78, 5) is 14.7. The van der Waals surface area contributed by atoms with Crippen molar-refractivity contribution < 1.29 is 4.74 Å². The smallest absolute Gasteiger partial charge is 0.219 e. The maximum absolute atomic E-state index is 6.10. The predicted octanol–water partition coefficient (Wildman–Crippen LogP) is 6.20. The molecule has 6 rings (SSSR count). The summed E-state index contributed by atoms with van der Waals surface area (Å²) < 4.78 is 8.20. The summed E-state index contributed by atoms with van der Waals surface area (Å²) >= 11 is 4.51. The lowest BCUT2D eigenvalue weighted by Crippen LogP contribution is -1.97. The first-order valence-electron chi connectivity index (χ1n) is 9.85. The summed E-state index contributed by atoms with van der Waals surface area (Å²) in [6, 6.07) is 25.8. The van der Waals surface area contributed by atoms with Crippen molar-refractivity contribution in [1.82, 2.24) is 19.5 Å². The van der Waals surface area contributed by atoms with Crippen molar-refractivity contribution in [2.24, 2.45) is 0 Å². The summed E-state index contributed by atoms with van der Waals surface area (Å²) in [6.07, 6.45) is 3.52. The van der Waals surface area contributed by atoms with E-state index >= 15 is 0 Å². The van der Waals surface area contributed by atoms with Gasteiger partial charge in [-0.1, -0.05) is 36.4 Å². The summed E-state index contributed by atoms with van der Waals surface area (Å²) in [6.45, 7) is 0. The van der Waals surface area contributed by atoms with Gasteiger partial charge in [0.25, 0.3) is 0 Å². The standard InChI is InChI=1S/C25H16N4OS/c31-21-9-5-6-16-11-12-23(28-24(16)21)30-17-14-20-25(27-15-17)18-7-1-2-8-19(18)29(20)22-10-3-4-13-26-22/h1-15,31H. The number of pyridine rings is 3. The van der Waals surface area contributed by atoms with Crippen LogP contribution in [0, 0.1) is 0 Å². The molecule has 0 saturated carbocycles. The number of thiol groups is 1. The molecule has 6 heteroatoms. The lowest BCUT2D eigenvalue weighted by atomic mass is 10.2. The number of ether oxygens (including phenoxy) is 1. The summed E-state index contributed by atoms with van der Waals surface area (Å²) in [5.74, 6) is 1.93. The molecule has 0 saturated heterocycles. The molecule has 31 heavy (non-hydrogen) atoms. The summed E-state index contributed by atoms with van der Waals surface area (Å²) in [5.41, 5.74) is 3.68. The van der Waals surface area contributed by atoms with Crippen molar-refractivity contribution in [3.05, 3.63) is 91.3 Å². The molecular weight excluding hydrogens is 404 g/mol. The average Bonchev–Trinajstić information content (AvgIpc) is 3.14. The Hall–Kier alpha value is -3.90. The van der Waals surface area contributed by atoms with Crippen molar-refractivity contribution >= 4 is 45.5 Å². The second-order valence-electron chi connectivity index (χ2n) is 7.18. The van der Waals surface area contributed by atoms with Gasteiger partial charge >= 0.3 is 0 Å². The molecule has 2 aromatic carbocycles. The first kappa shape index (κ1) is 17.9. The topological polar surface area (TPSA) is 52.8 Å². The van der Waals surface area contributed by atoms with Crippen molar-refractivity contribution in [3.63, 3.8) is 0 Å². The number of rotatable bonds is 3. The van der Waals surface area contributed by atoms with E-state index < -0.39 is 0 Å². The van der Waals surface area contributed by atoms with Crippen LogP contribution in [-0.4, -0.2) is 19.5 Å². The minimum Gasteiger partial charge on any atom is -0.437 e. The average molecular weight is 420 g/mol. The van der Waals surface area contributed by atoms with E-state index in [9.17, 15) is 0 Å². The van der Waals surface area contributed by atoms with Crippen LogP contribution in [0.15, 0.2) is 96.2 Å². The zero-order chi connectivity index (χ0) is 20.8. The van der Waals surface area contributed by atoms with Crippen LogP contribution in [0.4, 0.5) is 0 Å². The maximum atomic E-state index is 6.10. The van der Waals surface area contributed by atoms with E-state index in [0.29, 0.717) is 11.6 Å². The Morgan fingerprint density at radius 2 is 1.68 bits per heavy atom. The first-order chi connectivity index (χ1) is 15.3. The molecule has 0 N–H and O–H groups in total. The number of hydrogen-bond acceptors (Lipinski definition) is 5. The molecule has 0 atom stereocenters. The fourth-order valence-electron chi connectivity index (χ4n) is 3.89. The van der Waals surface area contributed by atoms with Crippen LogP contribution in [0.3, 0.4) is 0 Å². The van der Waals surface area contributed by atoms with E-state index in [1.54, 1.807) is 12.4 Å². The Balaban J connectivity index is 1.51. The molecule has 0 aliphatic carbocycles. The highest BCUT2D eigenvalue weighted by atomic mass is 32.1. The third-order valence-corrected chi connectivity index (χ3v) is 5.62. The van der Waals surface area contributed by atoms with E-state index in [4.69, 9.17) is 9.72 Å². The lowest BCUT2D eigenvalue weighted by Gasteiger charge is -2.09. The zero-order valence-electron chi connectivity index (χ0n) is 16.3. The Bertz CT molecular complexity index is 1580. The molecule has 148 valence electrons. The fourth-order valence-corrected chi connectivity index (χ4v) is 4.16. The number of fused-ring (bicyclic) bond motifs is 4. The SMILES string of the molecule is Sc1cccc2ccc(Oc3cnc4c5ccccc5n(-c5ccccn5)c4c3)nc12. The minimum absolute atomic E-state index is 0.496. The van der Waals surface area contributed by atoms with Crippen molar-refractivity contribution in [1.29, 1.82) is 0 Å². The third-order valence-electron chi connectivity index (χ3n) is 5.26. The number of para-hydroxylation sites is 2. The molecule has 0 spiro atoms. The molecule has 0 aliphatic heterocycles. The second-order valence-corrected chi connectivity index (χ2v) is 7.66. The Morgan fingerprint density at radius 3 is 2.58 bits per heavy atom. The number of nitrogens with zero attached hydrogens (tertiary/aromatic N) is 4. The van der Waals surface area contributed by atoms with Gasteiger partial charge in [-0.25, -0.2) is 9.97 Å². The zero-order valence-corrected chi connectivity index (χ0v) is 17.2. The van der Waals surface area contributed by atoms with E-state index in [0.717, 1.165) is 43.6 Å². The molecule has 0 aliphatic rings. The molecule has 5 nitrogen and oxygen atoms in total. The highest BCUT2D eigenvalue weighted by molar-refractivity contribution is 7.80. The summed E-state index contributed by atoms with van der Waals surface area (Å²) in [7, 11) is 0. The lowest BCUT2D eigenvalue weighted by molar-refractivity contribution is 0.463. The van der Waals surface area contributed by atoms with Crippen LogP contribution in [0.2, 0.25) is 0 Å². The van der Waals surface area contributed by atoms with Gasteiger partial charge in [0.2, 0.25) is 5.88 Å².